The van der Waals surface area contributed by atoms with Crippen LogP contribution in [0.4, 0.5) is 0 Å². The Bertz CT molecular complexity index is 975. The standard InChI is InChI=1S/C19H19N3O2S2/c23-16(20-13-6-4-5-7-13)12-26-19-21-17-15(10-11-25-17)18(24)22(19)14-8-2-1-3-9-14/h1-3,8-11,13H,4-7,12H2,(H,20,23). The number of thiophene rings is 1. The number of hydrogen-bond acceptors (Lipinski definition) is 5. The molecule has 0 saturated heterocycles. The summed E-state index contributed by atoms with van der Waals surface area (Å²) < 4.78 is 1.60. The Hall–Kier alpha value is -2.12. The fourth-order valence-corrected chi connectivity index (χ4v) is 4.90. The topological polar surface area (TPSA) is 64.0 Å². The molecule has 4 rings (SSSR count). The molecule has 1 N–H and O–H groups in total. The first-order valence-electron chi connectivity index (χ1n) is 8.70. The second-order valence-corrected chi connectivity index (χ2v) is 8.18. The highest BCUT2D eigenvalue weighted by atomic mass is 32.2. The van der Waals surface area contributed by atoms with Gasteiger partial charge in [0.1, 0.15) is 4.83 Å². The van der Waals surface area contributed by atoms with Gasteiger partial charge >= 0.3 is 0 Å². The molecule has 1 aliphatic carbocycles. The average molecular weight is 386 g/mol. The number of nitrogens with zero attached hydrogens (tertiary/aromatic N) is 2. The second kappa shape index (κ2) is 7.63. The first kappa shape index (κ1) is 17.3. The van der Waals surface area contributed by atoms with Crippen LogP contribution in [-0.4, -0.2) is 27.3 Å². The molecule has 7 heteroatoms. The maximum atomic E-state index is 12.9. The molecule has 0 bridgehead atoms. The van der Waals surface area contributed by atoms with Crippen LogP contribution < -0.4 is 10.9 Å². The third-order valence-electron chi connectivity index (χ3n) is 4.53. The summed E-state index contributed by atoms with van der Waals surface area (Å²) in [4.78, 5) is 30.6. The number of fused-ring (bicyclic) bond motifs is 1. The van der Waals surface area contributed by atoms with Crippen molar-refractivity contribution in [1.82, 2.24) is 14.9 Å². The van der Waals surface area contributed by atoms with Gasteiger partial charge in [0, 0.05) is 6.04 Å². The lowest BCUT2D eigenvalue weighted by atomic mass is 10.2. The number of thioether (sulfide) groups is 1. The minimum Gasteiger partial charge on any atom is -0.353 e. The summed E-state index contributed by atoms with van der Waals surface area (Å²) in [6.07, 6.45) is 4.49. The zero-order valence-corrected chi connectivity index (χ0v) is 15.8. The third-order valence-corrected chi connectivity index (χ3v) is 6.28. The highest BCUT2D eigenvalue weighted by molar-refractivity contribution is 7.99. The number of carbonyl (C=O) groups is 1. The maximum absolute atomic E-state index is 12.9. The van der Waals surface area contributed by atoms with E-state index < -0.39 is 0 Å². The van der Waals surface area contributed by atoms with Crippen molar-refractivity contribution in [3.63, 3.8) is 0 Å². The molecule has 26 heavy (non-hydrogen) atoms. The highest BCUT2D eigenvalue weighted by Crippen LogP contribution is 2.24. The van der Waals surface area contributed by atoms with Crippen molar-refractivity contribution < 1.29 is 4.79 Å². The molecule has 1 aromatic carbocycles. The van der Waals surface area contributed by atoms with Crippen LogP contribution in [0.25, 0.3) is 15.9 Å². The van der Waals surface area contributed by atoms with Gasteiger partial charge in [-0.1, -0.05) is 42.8 Å². The number of para-hydroxylation sites is 1. The smallest absolute Gasteiger partial charge is 0.267 e. The Balaban J connectivity index is 1.63. The van der Waals surface area contributed by atoms with E-state index in [0.717, 1.165) is 18.5 Å². The van der Waals surface area contributed by atoms with Gasteiger partial charge < -0.3 is 5.32 Å². The van der Waals surface area contributed by atoms with Crippen molar-refractivity contribution >= 4 is 39.2 Å². The van der Waals surface area contributed by atoms with Crippen LogP contribution in [-0.2, 0) is 4.79 Å². The summed E-state index contributed by atoms with van der Waals surface area (Å²) in [7, 11) is 0. The van der Waals surface area contributed by atoms with Crippen molar-refractivity contribution in [2.45, 2.75) is 36.9 Å². The second-order valence-electron chi connectivity index (χ2n) is 6.35. The molecule has 0 atom stereocenters. The number of carbonyl (C=O) groups excluding carboxylic acids is 1. The molecule has 2 heterocycles. The first-order valence-corrected chi connectivity index (χ1v) is 10.6. The van der Waals surface area contributed by atoms with E-state index >= 15 is 0 Å². The minimum absolute atomic E-state index is 0.00189. The number of nitrogens with one attached hydrogen (secondary N) is 1. The zero-order chi connectivity index (χ0) is 17.9. The van der Waals surface area contributed by atoms with E-state index in [1.54, 1.807) is 10.6 Å². The van der Waals surface area contributed by atoms with Gasteiger partial charge in [0.05, 0.1) is 16.8 Å². The van der Waals surface area contributed by atoms with E-state index in [9.17, 15) is 9.59 Å². The summed E-state index contributed by atoms with van der Waals surface area (Å²) in [5.41, 5.74) is 0.665. The van der Waals surface area contributed by atoms with Crippen LogP contribution in [0.1, 0.15) is 25.7 Å². The number of benzene rings is 1. The Morgan fingerprint density at radius 2 is 2.00 bits per heavy atom. The van der Waals surface area contributed by atoms with Crippen molar-refractivity contribution in [3.05, 3.63) is 52.1 Å². The van der Waals surface area contributed by atoms with Crippen LogP contribution in [0.3, 0.4) is 0 Å². The Morgan fingerprint density at radius 3 is 2.77 bits per heavy atom. The Kier molecular flexibility index (Phi) is 5.08. The molecule has 1 saturated carbocycles. The summed E-state index contributed by atoms with van der Waals surface area (Å²) in [5, 5.41) is 6.12. The summed E-state index contributed by atoms with van der Waals surface area (Å²) in [6, 6.07) is 11.5. The lowest BCUT2D eigenvalue weighted by Gasteiger charge is -2.14. The minimum atomic E-state index is -0.0962. The number of amides is 1. The fraction of sp³-hybridized carbons (Fsp3) is 0.316. The van der Waals surface area contributed by atoms with Crippen LogP contribution >= 0.6 is 23.1 Å². The van der Waals surface area contributed by atoms with Crippen LogP contribution in [0.15, 0.2) is 51.7 Å². The van der Waals surface area contributed by atoms with Gasteiger partial charge in [-0.25, -0.2) is 4.98 Å². The monoisotopic (exact) mass is 385 g/mol. The summed E-state index contributed by atoms with van der Waals surface area (Å²) in [5.74, 6) is 0.258. The van der Waals surface area contributed by atoms with E-state index in [2.05, 4.69) is 10.3 Å². The van der Waals surface area contributed by atoms with Crippen molar-refractivity contribution in [1.29, 1.82) is 0 Å². The molecule has 1 fully saturated rings. The molecule has 0 aliphatic heterocycles. The quantitative estimate of drug-likeness (QED) is 0.538. The van der Waals surface area contributed by atoms with Gasteiger partial charge in [0.2, 0.25) is 5.91 Å². The predicted octanol–water partition coefficient (Wildman–Crippen LogP) is 3.60. The number of rotatable bonds is 5. The Morgan fingerprint density at radius 1 is 1.23 bits per heavy atom. The number of aromatic nitrogens is 2. The lowest BCUT2D eigenvalue weighted by molar-refractivity contribution is -0.119. The van der Waals surface area contributed by atoms with Crippen LogP contribution in [0.2, 0.25) is 0 Å². The molecule has 5 nitrogen and oxygen atoms in total. The van der Waals surface area contributed by atoms with E-state index in [4.69, 9.17) is 0 Å². The largest absolute Gasteiger partial charge is 0.353 e. The molecular weight excluding hydrogens is 366 g/mol. The van der Waals surface area contributed by atoms with E-state index in [1.165, 1.54) is 35.9 Å². The Labute approximate surface area is 159 Å². The first-order chi connectivity index (χ1) is 12.7. The zero-order valence-electron chi connectivity index (χ0n) is 14.2. The average Bonchev–Trinajstić information content (AvgIpc) is 3.32. The maximum Gasteiger partial charge on any atom is 0.267 e. The van der Waals surface area contributed by atoms with Crippen LogP contribution in [0.5, 0.6) is 0 Å². The predicted molar refractivity (Wildman–Crippen MR) is 106 cm³/mol. The molecule has 0 unspecified atom stereocenters. The normalized spacial score (nSPS) is 14.8. The SMILES string of the molecule is O=C(CSc1nc2sccc2c(=O)n1-c1ccccc1)NC1CCCC1. The third kappa shape index (κ3) is 3.54. The van der Waals surface area contributed by atoms with Crippen LogP contribution in [0, 0.1) is 0 Å². The molecule has 0 radical (unpaired) electrons. The molecule has 3 aromatic rings. The molecule has 0 spiro atoms. The van der Waals surface area contributed by atoms with E-state index in [1.807, 2.05) is 35.7 Å². The molecule has 2 aromatic heterocycles. The van der Waals surface area contributed by atoms with Crippen molar-refractivity contribution in [3.8, 4) is 5.69 Å². The van der Waals surface area contributed by atoms with E-state index in [-0.39, 0.29) is 17.2 Å². The van der Waals surface area contributed by atoms with Gasteiger partial charge in [0.15, 0.2) is 5.16 Å². The van der Waals surface area contributed by atoms with Crippen molar-refractivity contribution in [2.24, 2.45) is 0 Å². The van der Waals surface area contributed by atoms with Gasteiger partial charge in [-0.15, -0.1) is 11.3 Å². The molecule has 134 valence electrons. The number of hydrogen-bond donors (Lipinski definition) is 1. The van der Waals surface area contributed by atoms with Gasteiger partial charge in [-0.3, -0.25) is 14.2 Å². The van der Waals surface area contributed by atoms with E-state index in [0.29, 0.717) is 21.4 Å². The van der Waals surface area contributed by atoms with Gasteiger partial charge in [-0.05, 0) is 36.4 Å². The summed E-state index contributed by atoms with van der Waals surface area (Å²) in [6.45, 7) is 0. The molecular formula is C19H19N3O2S2. The lowest BCUT2D eigenvalue weighted by Crippen LogP contribution is -2.34. The highest BCUT2D eigenvalue weighted by Gasteiger charge is 2.19. The van der Waals surface area contributed by atoms with Gasteiger partial charge in [-0.2, -0.15) is 0 Å². The molecule has 1 aliphatic rings. The summed E-state index contributed by atoms with van der Waals surface area (Å²) >= 11 is 2.75. The van der Waals surface area contributed by atoms with Gasteiger partial charge in [0.25, 0.3) is 5.56 Å². The molecule has 1 amide bonds. The fourth-order valence-electron chi connectivity index (χ4n) is 3.27. The van der Waals surface area contributed by atoms with Crippen molar-refractivity contribution in [2.75, 3.05) is 5.75 Å².